The molecule has 6 nitrogen and oxygen atoms in total. The van der Waals surface area contributed by atoms with Crippen molar-refractivity contribution in [3.63, 3.8) is 0 Å². The van der Waals surface area contributed by atoms with Crippen molar-refractivity contribution in [3.05, 3.63) is 24.3 Å². The maximum absolute atomic E-state index is 12.2. The lowest BCUT2D eigenvalue weighted by Gasteiger charge is -2.19. The molecule has 2 N–H and O–H groups in total. The van der Waals surface area contributed by atoms with Crippen LogP contribution in [0.5, 0.6) is 5.75 Å². The average molecular weight is 305 g/mol. The maximum atomic E-state index is 12.2. The number of rotatable bonds is 5. The van der Waals surface area contributed by atoms with Crippen LogP contribution in [-0.2, 0) is 4.79 Å². The van der Waals surface area contributed by atoms with Crippen molar-refractivity contribution < 1.29 is 14.3 Å². The van der Waals surface area contributed by atoms with Gasteiger partial charge in [-0.15, -0.1) is 0 Å². The van der Waals surface area contributed by atoms with Crippen LogP contribution in [0.25, 0.3) is 0 Å². The molecule has 0 unspecified atom stereocenters. The van der Waals surface area contributed by atoms with Gasteiger partial charge in [0, 0.05) is 30.8 Å². The minimum absolute atomic E-state index is 0.00194. The largest absolute Gasteiger partial charge is 0.497 e. The smallest absolute Gasteiger partial charge is 0.315 e. The predicted octanol–water partition coefficient (Wildman–Crippen LogP) is 1.90. The molecule has 0 radical (unpaired) electrons. The fourth-order valence-electron chi connectivity index (χ4n) is 2.39. The van der Waals surface area contributed by atoms with Gasteiger partial charge in [-0.3, -0.25) is 4.79 Å². The number of carbonyl (C=O) groups is 2. The van der Waals surface area contributed by atoms with E-state index in [0.29, 0.717) is 18.7 Å². The number of benzene rings is 1. The number of nitrogens with one attached hydrogen (secondary N) is 2. The van der Waals surface area contributed by atoms with Crippen LogP contribution in [0.1, 0.15) is 26.7 Å². The lowest BCUT2D eigenvalue weighted by molar-refractivity contribution is -0.117. The van der Waals surface area contributed by atoms with Crippen molar-refractivity contribution >= 4 is 17.6 Å². The lowest BCUT2D eigenvalue weighted by atomic mass is 10.2. The summed E-state index contributed by atoms with van der Waals surface area (Å²) in [5.74, 6) is 0.707. The van der Waals surface area contributed by atoms with Gasteiger partial charge >= 0.3 is 6.03 Å². The third-order valence-electron chi connectivity index (χ3n) is 3.82. The third kappa shape index (κ3) is 3.90. The molecular formula is C16H23N3O3. The van der Waals surface area contributed by atoms with Crippen molar-refractivity contribution in [2.75, 3.05) is 18.6 Å². The van der Waals surface area contributed by atoms with Gasteiger partial charge in [0.15, 0.2) is 0 Å². The first-order valence-corrected chi connectivity index (χ1v) is 7.55. The van der Waals surface area contributed by atoms with Crippen LogP contribution in [0, 0.1) is 0 Å². The van der Waals surface area contributed by atoms with Gasteiger partial charge in [-0.1, -0.05) is 13.0 Å². The molecule has 22 heavy (non-hydrogen) atoms. The summed E-state index contributed by atoms with van der Waals surface area (Å²) in [5.41, 5.74) is 0.788. The third-order valence-corrected chi connectivity index (χ3v) is 3.82. The zero-order chi connectivity index (χ0) is 16.1. The number of amides is 3. The van der Waals surface area contributed by atoms with Crippen LogP contribution < -0.4 is 20.3 Å². The molecule has 0 aromatic heterocycles. The Balaban J connectivity index is 1.97. The van der Waals surface area contributed by atoms with Gasteiger partial charge in [0.25, 0.3) is 0 Å². The number of hydrogen-bond acceptors (Lipinski definition) is 3. The van der Waals surface area contributed by atoms with Gasteiger partial charge < -0.3 is 20.3 Å². The summed E-state index contributed by atoms with van der Waals surface area (Å²) in [5, 5.41) is 5.70. The summed E-state index contributed by atoms with van der Waals surface area (Å²) < 4.78 is 5.18. The first-order chi connectivity index (χ1) is 10.5. The highest BCUT2D eigenvalue weighted by molar-refractivity contribution is 5.97. The Hall–Kier alpha value is -2.24. The van der Waals surface area contributed by atoms with Crippen LogP contribution in [0.15, 0.2) is 24.3 Å². The molecule has 1 aromatic rings. The number of carbonyl (C=O) groups excluding carboxylic acids is 2. The fraction of sp³-hybridized carbons (Fsp3) is 0.500. The highest BCUT2D eigenvalue weighted by Crippen LogP contribution is 2.25. The van der Waals surface area contributed by atoms with Crippen molar-refractivity contribution in [3.8, 4) is 5.75 Å². The second kappa shape index (κ2) is 7.15. The van der Waals surface area contributed by atoms with Crippen LogP contribution in [-0.4, -0.2) is 37.7 Å². The SMILES string of the molecule is CC[C@@H](C)NC(=O)N[C@@H]1CC(=O)N(c2cccc(OC)c2)C1. The number of hydrogen-bond donors (Lipinski definition) is 2. The molecule has 1 aliphatic rings. The summed E-state index contributed by atoms with van der Waals surface area (Å²) in [7, 11) is 1.59. The van der Waals surface area contributed by atoms with E-state index in [0.717, 1.165) is 12.1 Å². The summed E-state index contributed by atoms with van der Waals surface area (Å²) >= 11 is 0. The number of nitrogens with zero attached hydrogens (tertiary/aromatic N) is 1. The molecule has 1 fully saturated rings. The second-order valence-corrected chi connectivity index (χ2v) is 5.53. The molecule has 0 aliphatic carbocycles. The number of methoxy groups -OCH3 is 1. The Morgan fingerprint density at radius 3 is 2.95 bits per heavy atom. The van der Waals surface area contributed by atoms with E-state index in [1.807, 2.05) is 38.1 Å². The second-order valence-electron chi connectivity index (χ2n) is 5.53. The molecule has 2 rings (SSSR count). The Bertz CT molecular complexity index is 547. The zero-order valence-corrected chi connectivity index (χ0v) is 13.3. The van der Waals surface area contributed by atoms with E-state index >= 15 is 0 Å². The van der Waals surface area contributed by atoms with Crippen molar-refractivity contribution in [1.82, 2.24) is 10.6 Å². The first kappa shape index (κ1) is 16.1. The zero-order valence-electron chi connectivity index (χ0n) is 13.3. The molecule has 0 bridgehead atoms. The molecule has 1 aliphatic heterocycles. The van der Waals surface area contributed by atoms with Crippen molar-refractivity contribution in [2.24, 2.45) is 0 Å². The Morgan fingerprint density at radius 1 is 1.50 bits per heavy atom. The molecule has 0 saturated carbocycles. The standard InChI is InChI=1S/C16H23N3O3/c1-4-11(2)17-16(21)18-12-8-15(20)19(10-12)13-6-5-7-14(9-13)22-3/h5-7,9,11-12H,4,8,10H2,1-3H3,(H2,17,18,21)/t11-,12-/m1/s1. The molecule has 1 aromatic carbocycles. The highest BCUT2D eigenvalue weighted by atomic mass is 16.5. The molecule has 1 heterocycles. The monoisotopic (exact) mass is 305 g/mol. The molecule has 120 valence electrons. The van der Waals surface area contributed by atoms with E-state index in [4.69, 9.17) is 4.74 Å². The Kier molecular flexibility index (Phi) is 5.25. The topological polar surface area (TPSA) is 70.7 Å². The summed E-state index contributed by atoms with van der Waals surface area (Å²) in [6.45, 7) is 4.43. The summed E-state index contributed by atoms with van der Waals surface area (Å²) in [4.78, 5) is 25.7. The minimum atomic E-state index is -0.223. The van der Waals surface area contributed by atoms with Crippen LogP contribution in [0.3, 0.4) is 0 Å². The number of anilines is 1. The first-order valence-electron chi connectivity index (χ1n) is 7.55. The summed E-state index contributed by atoms with van der Waals surface area (Å²) in [6, 6.07) is 7.08. The van der Waals surface area contributed by atoms with Crippen LogP contribution >= 0.6 is 0 Å². The molecule has 3 amide bonds. The van der Waals surface area contributed by atoms with E-state index in [1.165, 1.54) is 0 Å². The van der Waals surface area contributed by atoms with E-state index in [-0.39, 0.29) is 24.0 Å². The van der Waals surface area contributed by atoms with Gasteiger partial charge in [-0.2, -0.15) is 0 Å². The van der Waals surface area contributed by atoms with Crippen molar-refractivity contribution in [1.29, 1.82) is 0 Å². The van der Waals surface area contributed by atoms with E-state index in [2.05, 4.69) is 10.6 Å². The highest BCUT2D eigenvalue weighted by Gasteiger charge is 2.31. The quantitative estimate of drug-likeness (QED) is 0.873. The van der Waals surface area contributed by atoms with Gasteiger partial charge in [-0.25, -0.2) is 4.79 Å². The van der Waals surface area contributed by atoms with E-state index < -0.39 is 0 Å². The van der Waals surface area contributed by atoms with Crippen LogP contribution in [0.2, 0.25) is 0 Å². The molecule has 6 heteroatoms. The number of ether oxygens (including phenoxy) is 1. The fourth-order valence-corrected chi connectivity index (χ4v) is 2.39. The normalized spacial score (nSPS) is 19.0. The minimum Gasteiger partial charge on any atom is -0.497 e. The van der Waals surface area contributed by atoms with Crippen molar-refractivity contribution in [2.45, 2.75) is 38.8 Å². The maximum Gasteiger partial charge on any atom is 0.315 e. The van der Waals surface area contributed by atoms with E-state index in [1.54, 1.807) is 12.0 Å². The molecule has 0 spiro atoms. The van der Waals surface area contributed by atoms with Gasteiger partial charge in [-0.05, 0) is 25.5 Å². The Morgan fingerprint density at radius 2 is 2.27 bits per heavy atom. The van der Waals surface area contributed by atoms with Crippen LogP contribution in [0.4, 0.5) is 10.5 Å². The lowest BCUT2D eigenvalue weighted by Crippen LogP contribution is -2.46. The molecule has 2 atom stereocenters. The predicted molar refractivity (Wildman–Crippen MR) is 85.2 cm³/mol. The average Bonchev–Trinajstić information content (AvgIpc) is 2.87. The van der Waals surface area contributed by atoms with E-state index in [9.17, 15) is 9.59 Å². The van der Waals surface area contributed by atoms with Gasteiger partial charge in [0.1, 0.15) is 5.75 Å². The Labute approximate surface area is 130 Å². The summed E-state index contributed by atoms with van der Waals surface area (Å²) in [6.07, 6.45) is 1.18. The molecule has 1 saturated heterocycles. The van der Waals surface area contributed by atoms with Gasteiger partial charge in [0.05, 0.1) is 13.2 Å². The number of urea groups is 1. The molecular weight excluding hydrogens is 282 g/mol. The van der Waals surface area contributed by atoms with Gasteiger partial charge in [0.2, 0.25) is 5.91 Å².